The topological polar surface area (TPSA) is 79.8 Å². The van der Waals surface area contributed by atoms with Crippen molar-refractivity contribution in [2.45, 2.75) is 19.2 Å². The lowest BCUT2D eigenvalue weighted by Gasteiger charge is -2.10. The lowest BCUT2D eigenvalue weighted by molar-refractivity contribution is -0.137. The van der Waals surface area contributed by atoms with Crippen molar-refractivity contribution in [3.8, 4) is 5.75 Å². The molecule has 0 aliphatic rings. The van der Waals surface area contributed by atoms with Crippen molar-refractivity contribution in [2.24, 2.45) is 5.10 Å². The smallest absolute Gasteiger partial charge is 0.416 e. The van der Waals surface area contributed by atoms with Crippen LogP contribution >= 0.6 is 15.9 Å². The van der Waals surface area contributed by atoms with Crippen LogP contribution in [0, 0.1) is 0 Å². The number of nitrogens with zero attached hydrogens (tertiary/aromatic N) is 1. The number of hydrazone groups is 1. The van der Waals surface area contributed by atoms with Crippen molar-refractivity contribution in [1.29, 1.82) is 0 Å². The number of nitrogens with one attached hydrogen (secondary N) is 2. The summed E-state index contributed by atoms with van der Waals surface area (Å²) in [4.78, 5) is 24.0. The van der Waals surface area contributed by atoms with Gasteiger partial charge in [-0.3, -0.25) is 9.59 Å². The minimum absolute atomic E-state index is 0.0621. The maximum Gasteiger partial charge on any atom is 0.416 e. The van der Waals surface area contributed by atoms with E-state index in [-0.39, 0.29) is 5.69 Å². The minimum atomic E-state index is -4.54. The van der Waals surface area contributed by atoms with Gasteiger partial charge in [-0.1, -0.05) is 46.3 Å². The predicted octanol–water partition coefficient (Wildman–Crippen LogP) is 5.53. The number of anilines is 1. The number of carbonyl (C=O) groups excluding carboxylic acids is 2. The molecule has 6 nitrogen and oxygen atoms in total. The molecule has 2 amide bonds. The molecule has 3 aromatic carbocycles. The highest BCUT2D eigenvalue weighted by Gasteiger charge is 2.30. The summed E-state index contributed by atoms with van der Waals surface area (Å²) >= 11 is 3.38. The second kappa shape index (κ2) is 11.5. The molecule has 0 fully saturated rings. The van der Waals surface area contributed by atoms with Crippen molar-refractivity contribution >= 4 is 39.6 Å². The number of hydrogen-bond donors (Lipinski definition) is 2. The van der Waals surface area contributed by atoms with Crippen LogP contribution in [-0.4, -0.2) is 18.0 Å². The van der Waals surface area contributed by atoms with Crippen LogP contribution in [0.5, 0.6) is 5.75 Å². The lowest BCUT2D eigenvalue weighted by atomic mass is 10.2. The van der Waals surface area contributed by atoms with Gasteiger partial charge in [-0.05, 0) is 48.0 Å². The van der Waals surface area contributed by atoms with E-state index in [1.54, 1.807) is 24.3 Å². The quantitative estimate of drug-likeness (QED) is 0.227. The Kier molecular flexibility index (Phi) is 8.42. The van der Waals surface area contributed by atoms with Gasteiger partial charge in [0, 0.05) is 15.7 Å². The lowest BCUT2D eigenvalue weighted by Crippen LogP contribution is -2.24. The van der Waals surface area contributed by atoms with E-state index in [0.29, 0.717) is 17.9 Å². The van der Waals surface area contributed by atoms with Crippen LogP contribution in [-0.2, 0) is 22.4 Å². The number of para-hydroxylation sites is 1. The molecule has 3 aromatic rings. The number of benzene rings is 3. The van der Waals surface area contributed by atoms with Crippen LogP contribution in [0.25, 0.3) is 0 Å². The van der Waals surface area contributed by atoms with Gasteiger partial charge in [0.15, 0.2) is 0 Å². The Morgan fingerprint density at radius 1 is 0.971 bits per heavy atom. The van der Waals surface area contributed by atoms with Gasteiger partial charge in [-0.2, -0.15) is 18.3 Å². The molecule has 34 heavy (non-hydrogen) atoms. The first-order chi connectivity index (χ1) is 16.2. The summed E-state index contributed by atoms with van der Waals surface area (Å²) in [6.45, 7) is 0.334. The Labute approximate surface area is 202 Å². The first-order valence-electron chi connectivity index (χ1n) is 9.96. The Morgan fingerprint density at radius 2 is 1.71 bits per heavy atom. The van der Waals surface area contributed by atoms with E-state index in [2.05, 4.69) is 31.8 Å². The van der Waals surface area contributed by atoms with Crippen molar-refractivity contribution in [2.75, 3.05) is 5.32 Å². The van der Waals surface area contributed by atoms with E-state index in [1.165, 1.54) is 18.3 Å². The average molecular weight is 534 g/mol. The van der Waals surface area contributed by atoms with Crippen LogP contribution in [0.4, 0.5) is 18.9 Å². The third-order valence-electron chi connectivity index (χ3n) is 4.41. The second-order valence-electron chi connectivity index (χ2n) is 7.05. The van der Waals surface area contributed by atoms with E-state index in [9.17, 15) is 22.8 Å². The summed E-state index contributed by atoms with van der Waals surface area (Å²) in [6, 6.07) is 18.9. The van der Waals surface area contributed by atoms with Gasteiger partial charge in [0.1, 0.15) is 18.8 Å². The summed E-state index contributed by atoms with van der Waals surface area (Å²) < 4.78 is 45.1. The largest absolute Gasteiger partial charge is 0.488 e. The van der Waals surface area contributed by atoms with Crippen LogP contribution in [0.15, 0.2) is 82.4 Å². The Hall–Kier alpha value is -3.66. The molecule has 0 bridgehead atoms. The fraction of sp³-hybridized carbons (Fsp3) is 0.125. The molecule has 0 aliphatic carbocycles. The van der Waals surface area contributed by atoms with Gasteiger partial charge in [0.25, 0.3) is 0 Å². The van der Waals surface area contributed by atoms with Crippen molar-refractivity contribution in [1.82, 2.24) is 5.43 Å². The zero-order valence-corrected chi connectivity index (χ0v) is 19.2. The van der Waals surface area contributed by atoms with Gasteiger partial charge < -0.3 is 10.1 Å². The molecule has 10 heteroatoms. The zero-order valence-electron chi connectivity index (χ0n) is 17.6. The van der Waals surface area contributed by atoms with E-state index in [1.807, 2.05) is 24.3 Å². The predicted molar refractivity (Wildman–Crippen MR) is 125 cm³/mol. The minimum Gasteiger partial charge on any atom is -0.488 e. The van der Waals surface area contributed by atoms with E-state index >= 15 is 0 Å². The maximum atomic E-state index is 12.8. The number of ether oxygens (including phenoxy) is 1. The molecule has 0 saturated carbocycles. The number of alkyl halides is 3. The highest BCUT2D eigenvalue weighted by molar-refractivity contribution is 9.10. The molecule has 0 heterocycles. The molecule has 0 aliphatic heterocycles. The fourth-order valence-electron chi connectivity index (χ4n) is 2.80. The van der Waals surface area contributed by atoms with Crippen LogP contribution in [0.1, 0.15) is 23.1 Å². The van der Waals surface area contributed by atoms with E-state index < -0.39 is 30.0 Å². The number of hydrogen-bond acceptors (Lipinski definition) is 4. The Bertz CT molecular complexity index is 1180. The molecule has 0 aromatic heterocycles. The third-order valence-corrected chi connectivity index (χ3v) is 4.94. The standard InChI is InChI=1S/C24H19BrF3N3O3/c25-19-10-8-16(9-11-19)15-34-21-7-2-1-4-17(21)14-29-31-23(33)13-22(32)30-20-6-3-5-18(12-20)24(26,27)28/h1-12,14H,13,15H2,(H,30,32)(H,31,33). The zero-order chi connectivity index (χ0) is 24.6. The van der Waals surface area contributed by atoms with Gasteiger partial charge in [-0.25, -0.2) is 5.43 Å². The highest BCUT2D eigenvalue weighted by Crippen LogP contribution is 2.30. The third kappa shape index (κ3) is 7.73. The molecule has 0 atom stereocenters. The van der Waals surface area contributed by atoms with E-state index in [0.717, 1.165) is 22.2 Å². The molecule has 3 rings (SSSR count). The number of amides is 2. The summed E-state index contributed by atoms with van der Waals surface area (Å²) in [6.07, 6.45) is -3.78. The van der Waals surface area contributed by atoms with Crippen LogP contribution < -0.4 is 15.5 Å². The number of carbonyl (C=O) groups is 2. The molecule has 0 radical (unpaired) electrons. The van der Waals surface area contributed by atoms with Gasteiger partial charge in [0.2, 0.25) is 11.8 Å². The molecule has 176 valence electrons. The van der Waals surface area contributed by atoms with Crippen LogP contribution in [0.3, 0.4) is 0 Å². The number of rotatable bonds is 8. The summed E-state index contributed by atoms with van der Waals surface area (Å²) in [5, 5.41) is 6.10. The highest BCUT2D eigenvalue weighted by atomic mass is 79.9. The molecular weight excluding hydrogens is 515 g/mol. The Morgan fingerprint density at radius 3 is 2.44 bits per heavy atom. The SMILES string of the molecule is O=C(CC(=O)Nc1cccc(C(F)(F)F)c1)NN=Cc1ccccc1OCc1ccc(Br)cc1. The van der Waals surface area contributed by atoms with Crippen LogP contribution in [0.2, 0.25) is 0 Å². The van der Waals surface area contributed by atoms with Crippen molar-refractivity contribution in [3.05, 3.63) is 94.0 Å². The van der Waals surface area contributed by atoms with Gasteiger partial charge in [-0.15, -0.1) is 0 Å². The maximum absolute atomic E-state index is 12.8. The average Bonchev–Trinajstić information content (AvgIpc) is 2.79. The second-order valence-corrected chi connectivity index (χ2v) is 7.97. The first-order valence-corrected chi connectivity index (χ1v) is 10.8. The van der Waals surface area contributed by atoms with Gasteiger partial charge in [0.05, 0.1) is 11.8 Å². The van der Waals surface area contributed by atoms with Crippen molar-refractivity contribution < 1.29 is 27.5 Å². The summed E-state index contributed by atoms with van der Waals surface area (Å²) in [5.74, 6) is -0.954. The fourth-order valence-corrected chi connectivity index (χ4v) is 3.06. The summed E-state index contributed by atoms with van der Waals surface area (Å²) in [7, 11) is 0. The van der Waals surface area contributed by atoms with Crippen molar-refractivity contribution in [3.63, 3.8) is 0 Å². The molecule has 0 unspecified atom stereocenters. The van der Waals surface area contributed by atoms with E-state index in [4.69, 9.17) is 4.74 Å². The summed E-state index contributed by atoms with van der Waals surface area (Å²) in [5.41, 5.74) is 2.83. The van der Waals surface area contributed by atoms with Gasteiger partial charge >= 0.3 is 6.18 Å². The number of halogens is 4. The molecule has 0 saturated heterocycles. The normalized spacial score (nSPS) is 11.3. The monoisotopic (exact) mass is 533 g/mol. The molecular formula is C24H19BrF3N3O3. The molecule has 0 spiro atoms. The Balaban J connectivity index is 1.52. The molecule has 2 N–H and O–H groups in total. The first kappa shape index (κ1) is 25.0.